The summed E-state index contributed by atoms with van der Waals surface area (Å²) in [5, 5.41) is 3.38. The molecule has 8 nitrogen and oxygen atoms in total. The van der Waals surface area contributed by atoms with Crippen LogP contribution in [0.3, 0.4) is 0 Å². The third-order valence-corrected chi connectivity index (χ3v) is 7.06. The van der Waals surface area contributed by atoms with Gasteiger partial charge in [0.1, 0.15) is 17.2 Å². The second-order valence-corrected chi connectivity index (χ2v) is 12.5. The normalized spacial score (nSPS) is 23.5. The highest BCUT2D eigenvalue weighted by Crippen LogP contribution is 2.50. The van der Waals surface area contributed by atoms with Crippen molar-refractivity contribution in [2.45, 2.75) is 103 Å². The number of likely N-dealkylation sites (tertiary alicyclic amines) is 1. The van der Waals surface area contributed by atoms with Crippen molar-refractivity contribution in [3.8, 4) is 0 Å². The number of hydrogen-bond acceptors (Lipinski definition) is 6. The lowest BCUT2D eigenvalue weighted by Gasteiger charge is -2.36. The molecule has 2 amide bonds. The number of piperidine rings is 1. The van der Waals surface area contributed by atoms with E-state index in [9.17, 15) is 14.4 Å². The van der Waals surface area contributed by atoms with Crippen LogP contribution in [-0.2, 0) is 30.2 Å². The van der Waals surface area contributed by atoms with Crippen LogP contribution in [0.1, 0.15) is 66.9 Å². The van der Waals surface area contributed by atoms with Crippen molar-refractivity contribution in [2.24, 2.45) is 11.8 Å². The minimum absolute atomic E-state index is 0.113. The van der Waals surface area contributed by atoms with Gasteiger partial charge in [-0.15, -0.1) is 0 Å². The van der Waals surface area contributed by atoms with Crippen molar-refractivity contribution < 1.29 is 28.6 Å². The number of amides is 2. The van der Waals surface area contributed by atoms with Crippen molar-refractivity contribution in [3.05, 3.63) is 34.9 Å². The van der Waals surface area contributed by atoms with Gasteiger partial charge in [0, 0.05) is 24.6 Å². The number of carbonyl (C=O) groups excluding carboxylic acids is 3. The second-order valence-electron chi connectivity index (χ2n) is 12.1. The smallest absolute Gasteiger partial charge is 0.410 e. The highest BCUT2D eigenvalue weighted by Gasteiger charge is 2.58. The summed E-state index contributed by atoms with van der Waals surface area (Å²) in [7, 11) is 1.54. The number of halogens is 1. The Bertz CT molecular complexity index is 1000. The average molecular weight is 537 g/mol. The predicted octanol–water partition coefficient (Wildman–Crippen LogP) is 4.76. The Hall–Kier alpha value is -2.32. The molecule has 37 heavy (non-hydrogen) atoms. The number of ether oxygens (including phenoxy) is 3. The Balaban J connectivity index is 1.77. The van der Waals surface area contributed by atoms with Crippen LogP contribution in [0.4, 0.5) is 4.79 Å². The molecule has 1 aliphatic carbocycles. The zero-order chi connectivity index (χ0) is 27.7. The first-order valence-electron chi connectivity index (χ1n) is 12.9. The lowest BCUT2D eigenvalue weighted by Crippen LogP contribution is -2.54. The standard InChI is InChI=1S/C28H41ClN2O6/c1-16(23(35-8)22-15-18-14-21(18)31(22)26(34)37-28(5,6)7)24(32)30-20(25(33)36-27(2,3)4)13-17-11-9-10-12-19(17)29/h9-12,16,18,20-23H,13-15H2,1-8H3,(H,30,32)/t16-,18+,20+,21+,22+,23-/m1/s1. The van der Waals surface area contributed by atoms with Crippen LogP contribution in [0.5, 0.6) is 0 Å². The average Bonchev–Trinajstić information content (AvgIpc) is 3.42. The quantitative estimate of drug-likeness (QED) is 0.481. The van der Waals surface area contributed by atoms with E-state index in [0.29, 0.717) is 10.9 Å². The summed E-state index contributed by atoms with van der Waals surface area (Å²) < 4.78 is 17.1. The topological polar surface area (TPSA) is 94.2 Å². The molecule has 6 atom stereocenters. The van der Waals surface area contributed by atoms with Gasteiger partial charge < -0.3 is 19.5 Å². The maximum Gasteiger partial charge on any atom is 0.410 e. The number of fused-ring (bicyclic) bond motifs is 1. The Morgan fingerprint density at radius 1 is 1.05 bits per heavy atom. The Morgan fingerprint density at radius 2 is 1.68 bits per heavy atom. The molecule has 2 fully saturated rings. The lowest BCUT2D eigenvalue weighted by atomic mass is 9.93. The fraction of sp³-hybridized carbons (Fsp3) is 0.679. The van der Waals surface area contributed by atoms with Crippen molar-refractivity contribution >= 4 is 29.6 Å². The van der Waals surface area contributed by atoms with Crippen LogP contribution < -0.4 is 5.32 Å². The Labute approximate surface area is 225 Å². The van der Waals surface area contributed by atoms with Crippen LogP contribution in [0, 0.1) is 11.8 Å². The first kappa shape index (κ1) is 29.2. The largest absolute Gasteiger partial charge is 0.458 e. The van der Waals surface area contributed by atoms with E-state index >= 15 is 0 Å². The summed E-state index contributed by atoms with van der Waals surface area (Å²) in [5.41, 5.74) is -0.622. The van der Waals surface area contributed by atoms with Gasteiger partial charge in [-0.2, -0.15) is 0 Å². The maximum absolute atomic E-state index is 13.5. The Morgan fingerprint density at radius 3 is 2.24 bits per heavy atom. The minimum Gasteiger partial charge on any atom is -0.458 e. The van der Waals surface area contributed by atoms with E-state index in [0.717, 1.165) is 18.4 Å². The number of hydrogen-bond donors (Lipinski definition) is 1. The number of nitrogens with zero attached hydrogens (tertiary/aromatic N) is 1. The number of esters is 1. The summed E-state index contributed by atoms with van der Waals surface area (Å²) in [6.07, 6.45) is 0.908. The van der Waals surface area contributed by atoms with Gasteiger partial charge in [0.2, 0.25) is 5.91 Å². The van der Waals surface area contributed by atoms with Crippen LogP contribution >= 0.6 is 11.6 Å². The van der Waals surface area contributed by atoms with Gasteiger partial charge in [-0.3, -0.25) is 9.69 Å². The van der Waals surface area contributed by atoms with Gasteiger partial charge in [0.25, 0.3) is 0 Å². The molecule has 1 heterocycles. The van der Waals surface area contributed by atoms with Crippen molar-refractivity contribution in [1.29, 1.82) is 0 Å². The van der Waals surface area contributed by atoms with Gasteiger partial charge >= 0.3 is 12.1 Å². The van der Waals surface area contributed by atoms with E-state index in [2.05, 4.69) is 5.32 Å². The maximum atomic E-state index is 13.5. The van der Waals surface area contributed by atoms with Crippen LogP contribution in [0.25, 0.3) is 0 Å². The minimum atomic E-state index is -0.939. The van der Waals surface area contributed by atoms with Crippen LogP contribution in [0.15, 0.2) is 24.3 Å². The van der Waals surface area contributed by atoms with E-state index in [4.69, 9.17) is 25.8 Å². The third-order valence-electron chi connectivity index (χ3n) is 6.70. The highest BCUT2D eigenvalue weighted by atomic mass is 35.5. The molecular weight excluding hydrogens is 496 g/mol. The number of rotatable bonds is 8. The predicted molar refractivity (Wildman–Crippen MR) is 141 cm³/mol. The molecule has 0 unspecified atom stereocenters. The molecule has 0 spiro atoms. The summed E-state index contributed by atoms with van der Waals surface area (Å²) >= 11 is 6.34. The fourth-order valence-corrected chi connectivity index (χ4v) is 5.18. The molecule has 1 aliphatic heterocycles. The van der Waals surface area contributed by atoms with E-state index in [1.54, 1.807) is 51.8 Å². The monoisotopic (exact) mass is 536 g/mol. The van der Waals surface area contributed by atoms with Crippen LogP contribution in [-0.4, -0.2) is 65.4 Å². The summed E-state index contributed by atoms with van der Waals surface area (Å²) in [6, 6.07) is 6.07. The second kappa shape index (κ2) is 11.2. The summed E-state index contributed by atoms with van der Waals surface area (Å²) in [5.74, 6) is -1.16. The zero-order valence-corrected chi connectivity index (χ0v) is 23.9. The summed E-state index contributed by atoms with van der Waals surface area (Å²) in [4.78, 5) is 41.3. The molecule has 206 valence electrons. The SMILES string of the molecule is CO[C@H]([C@@H](C)C(=O)N[C@@H](Cc1ccccc1Cl)C(=O)OC(C)(C)C)[C@@H]1C[C@@H]2C[C@@H]2N1C(=O)OC(C)(C)C. The first-order valence-corrected chi connectivity index (χ1v) is 13.3. The molecule has 1 saturated carbocycles. The van der Waals surface area contributed by atoms with Gasteiger partial charge in [0.05, 0.1) is 18.1 Å². The zero-order valence-electron chi connectivity index (χ0n) is 23.2. The summed E-state index contributed by atoms with van der Waals surface area (Å²) in [6.45, 7) is 12.6. The third kappa shape index (κ3) is 7.60. The number of methoxy groups -OCH3 is 1. The number of nitrogens with one attached hydrogen (secondary N) is 1. The molecule has 0 radical (unpaired) electrons. The molecule has 3 rings (SSSR count). The molecule has 9 heteroatoms. The van der Waals surface area contributed by atoms with E-state index in [-0.39, 0.29) is 30.5 Å². The fourth-order valence-electron chi connectivity index (χ4n) is 4.97. The van der Waals surface area contributed by atoms with Gasteiger partial charge in [-0.25, -0.2) is 9.59 Å². The van der Waals surface area contributed by atoms with Gasteiger partial charge in [-0.1, -0.05) is 36.7 Å². The van der Waals surface area contributed by atoms with Gasteiger partial charge in [-0.05, 0) is 71.9 Å². The molecule has 2 aliphatic rings. The molecular formula is C28H41ClN2O6. The van der Waals surface area contributed by atoms with Crippen molar-refractivity contribution in [2.75, 3.05) is 7.11 Å². The van der Waals surface area contributed by atoms with Crippen LogP contribution in [0.2, 0.25) is 5.02 Å². The van der Waals surface area contributed by atoms with E-state index < -0.39 is 35.2 Å². The van der Waals surface area contributed by atoms with Crippen molar-refractivity contribution in [1.82, 2.24) is 10.2 Å². The molecule has 0 aromatic heterocycles. The van der Waals surface area contributed by atoms with Gasteiger partial charge in [0.15, 0.2) is 0 Å². The molecule has 0 bridgehead atoms. The molecule has 1 aromatic carbocycles. The number of benzene rings is 1. The number of carbonyl (C=O) groups is 3. The Kier molecular flexibility index (Phi) is 8.85. The molecule has 1 N–H and O–H groups in total. The molecule has 1 saturated heterocycles. The molecule has 1 aromatic rings. The lowest BCUT2D eigenvalue weighted by molar-refractivity contribution is -0.159. The first-order chi connectivity index (χ1) is 17.1. The van der Waals surface area contributed by atoms with E-state index in [1.165, 1.54) is 0 Å². The highest BCUT2D eigenvalue weighted by molar-refractivity contribution is 6.31. The van der Waals surface area contributed by atoms with E-state index in [1.807, 2.05) is 32.9 Å². The van der Waals surface area contributed by atoms with Crippen molar-refractivity contribution in [3.63, 3.8) is 0 Å².